The van der Waals surface area contributed by atoms with E-state index in [2.05, 4.69) is 25.4 Å². The van der Waals surface area contributed by atoms with Gasteiger partial charge in [0.15, 0.2) is 11.3 Å². The Balaban J connectivity index is 1.66. The summed E-state index contributed by atoms with van der Waals surface area (Å²) in [5.41, 5.74) is 2.70. The lowest BCUT2D eigenvalue weighted by Crippen LogP contribution is -2.21. The van der Waals surface area contributed by atoms with E-state index in [0.29, 0.717) is 34.3 Å². The average Bonchev–Trinajstić information content (AvgIpc) is 3.20. The summed E-state index contributed by atoms with van der Waals surface area (Å²) >= 11 is 0. The van der Waals surface area contributed by atoms with Gasteiger partial charge >= 0.3 is 0 Å². The number of nitrogens with zero attached hydrogens (tertiary/aromatic N) is 5. The van der Waals surface area contributed by atoms with E-state index in [1.165, 1.54) is 10.7 Å². The van der Waals surface area contributed by atoms with Crippen LogP contribution in [0.3, 0.4) is 0 Å². The standard InChI is InChI=1S/C22H22N6O4/c1-13-9-20(25-14(2)24-13)26-22(31)18-10-23-21-8-7-17(27-28(18)21)16-5-3-4-6-19(16)32-12-15(30)11-29/h3-10,15,29-30H,11-12H2,1-2H3,(H,24,25,26,31). The number of carbonyl (C=O) groups excluding carboxylic acids is 1. The number of fused-ring (bicyclic) bond motifs is 1. The van der Waals surface area contributed by atoms with Gasteiger partial charge in [-0.1, -0.05) is 12.1 Å². The Hall–Kier alpha value is -3.89. The summed E-state index contributed by atoms with van der Waals surface area (Å²) in [6.45, 7) is 3.12. The molecule has 1 unspecified atom stereocenters. The fourth-order valence-electron chi connectivity index (χ4n) is 3.18. The van der Waals surface area contributed by atoms with Crippen LogP contribution in [0.1, 0.15) is 22.0 Å². The van der Waals surface area contributed by atoms with Crippen LogP contribution in [0.4, 0.5) is 5.82 Å². The lowest BCUT2D eigenvalue weighted by molar-refractivity contribution is 0.0538. The molecule has 3 N–H and O–H groups in total. The highest BCUT2D eigenvalue weighted by Gasteiger charge is 2.17. The van der Waals surface area contributed by atoms with Crippen LogP contribution in [-0.2, 0) is 0 Å². The first-order valence-electron chi connectivity index (χ1n) is 9.94. The van der Waals surface area contributed by atoms with Crippen molar-refractivity contribution in [2.75, 3.05) is 18.5 Å². The van der Waals surface area contributed by atoms with Gasteiger partial charge in [0.25, 0.3) is 5.91 Å². The number of anilines is 1. The normalized spacial score (nSPS) is 12.0. The molecular weight excluding hydrogens is 412 g/mol. The second-order valence-corrected chi connectivity index (χ2v) is 7.17. The van der Waals surface area contributed by atoms with E-state index in [4.69, 9.17) is 9.84 Å². The van der Waals surface area contributed by atoms with Crippen molar-refractivity contribution in [2.45, 2.75) is 20.0 Å². The number of aromatic nitrogens is 5. The molecule has 10 heteroatoms. The Kier molecular flexibility index (Phi) is 6.06. The van der Waals surface area contributed by atoms with Gasteiger partial charge in [-0.05, 0) is 38.1 Å². The predicted octanol–water partition coefficient (Wildman–Crippen LogP) is 1.79. The van der Waals surface area contributed by atoms with Gasteiger partial charge in [0.2, 0.25) is 0 Å². The van der Waals surface area contributed by atoms with Crippen molar-refractivity contribution >= 4 is 17.4 Å². The molecular formula is C22H22N6O4. The molecule has 4 rings (SSSR count). The quantitative estimate of drug-likeness (QED) is 0.401. The third-order valence-corrected chi connectivity index (χ3v) is 4.61. The molecule has 0 aliphatic rings. The number of amides is 1. The molecule has 1 aromatic carbocycles. The number of aliphatic hydroxyl groups excluding tert-OH is 2. The van der Waals surface area contributed by atoms with Crippen LogP contribution in [-0.4, -0.2) is 60.0 Å². The zero-order valence-corrected chi connectivity index (χ0v) is 17.6. The molecule has 0 saturated heterocycles. The SMILES string of the molecule is Cc1cc(NC(=O)c2cnc3ccc(-c4ccccc4OCC(O)CO)nn23)nc(C)n1. The minimum Gasteiger partial charge on any atom is -0.490 e. The number of ether oxygens (including phenoxy) is 1. The van der Waals surface area contributed by atoms with E-state index in [1.54, 1.807) is 37.3 Å². The van der Waals surface area contributed by atoms with Crippen LogP contribution in [0.15, 0.2) is 48.7 Å². The summed E-state index contributed by atoms with van der Waals surface area (Å²) in [4.78, 5) is 25.6. The molecule has 4 aromatic rings. The molecule has 1 amide bonds. The van der Waals surface area contributed by atoms with Crippen LogP contribution < -0.4 is 10.1 Å². The Morgan fingerprint density at radius 3 is 2.78 bits per heavy atom. The number of carbonyl (C=O) groups is 1. The number of para-hydroxylation sites is 1. The maximum absolute atomic E-state index is 12.9. The van der Waals surface area contributed by atoms with Gasteiger partial charge in [0.1, 0.15) is 30.1 Å². The lowest BCUT2D eigenvalue weighted by atomic mass is 10.1. The number of imidazole rings is 1. The van der Waals surface area contributed by atoms with E-state index in [1.807, 2.05) is 19.1 Å². The second-order valence-electron chi connectivity index (χ2n) is 7.17. The number of aliphatic hydroxyl groups is 2. The summed E-state index contributed by atoms with van der Waals surface area (Å²) < 4.78 is 7.10. The van der Waals surface area contributed by atoms with E-state index < -0.39 is 18.6 Å². The van der Waals surface area contributed by atoms with Crippen molar-refractivity contribution in [1.29, 1.82) is 0 Å². The zero-order valence-electron chi connectivity index (χ0n) is 17.6. The van der Waals surface area contributed by atoms with Crippen molar-refractivity contribution in [3.05, 3.63) is 65.9 Å². The van der Waals surface area contributed by atoms with Gasteiger partial charge in [0, 0.05) is 17.3 Å². The smallest absolute Gasteiger partial charge is 0.277 e. The van der Waals surface area contributed by atoms with E-state index in [0.717, 1.165) is 5.69 Å². The van der Waals surface area contributed by atoms with E-state index in [-0.39, 0.29) is 12.3 Å². The Morgan fingerprint density at radius 2 is 2.00 bits per heavy atom. The van der Waals surface area contributed by atoms with Crippen LogP contribution >= 0.6 is 0 Å². The zero-order chi connectivity index (χ0) is 22.7. The largest absolute Gasteiger partial charge is 0.490 e. The summed E-state index contributed by atoms with van der Waals surface area (Å²) in [6.07, 6.45) is 0.457. The highest BCUT2D eigenvalue weighted by Crippen LogP contribution is 2.28. The average molecular weight is 434 g/mol. The molecule has 0 aliphatic carbocycles. The first-order chi connectivity index (χ1) is 15.4. The van der Waals surface area contributed by atoms with Crippen molar-refractivity contribution in [3.8, 4) is 17.0 Å². The first kappa shape index (κ1) is 21.3. The molecule has 0 spiro atoms. The summed E-state index contributed by atoms with van der Waals surface area (Å²) in [5.74, 6) is 1.04. The predicted molar refractivity (Wildman–Crippen MR) is 116 cm³/mol. The molecule has 10 nitrogen and oxygen atoms in total. The van der Waals surface area contributed by atoms with Gasteiger partial charge < -0.3 is 20.3 Å². The van der Waals surface area contributed by atoms with Gasteiger partial charge in [-0.15, -0.1) is 0 Å². The molecule has 0 fully saturated rings. The number of aryl methyl sites for hydroxylation is 2. The second kappa shape index (κ2) is 9.08. The molecule has 0 saturated carbocycles. The summed E-state index contributed by atoms with van der Waals surface area (Å²) in [7, 11) is 0. The lowest BCUT2D eigenvalue weighted by Gasteiger charge is -2.13. The molecule has 164 valence electrons. The van der Waals surface area contributed by atoms with Gasteiger partial charge in [-0.25, -0.2) is 19.5 Å². The molecule has 32 heavy (non-hydrogen) atoms. The topological polar surface area (TPSA) is 135 Å². The summed E-state index contributed by atoms with van der Waals surface area (Å²) in [6, 6.07) is 12.4. The number of nitrogens with one attached hydrogen (secondary N) is 1. The third kappa shape index (κ3) is 4.56. The maximum Gasteiger partial charge on any atom is 0.277 e. The minimum absolute atomic E-state index is 0.0632. The Bertz CT molecular complexity index is 1250. The fourth-order valence-corrected chi connectivity index (χ4v) is 3.18. The molecule has 3 heterocycles. The number of benzene rings is 1. The monoisotopic (exact) mass is 434 g/mol. The van der Waals surface area contributed by atoms with Crippen LogP contribution in [0.2, 0.25) is 0 Å². The highest BCUT2D eigenvalue weighted by atomic mass is 16.5. The molecule has 0 radical (unpaired) electrons. The van der Waals surface area contributed by atoms with Crippen LogP contribution in [0.25, 0.3) is 16.9 Å². The Labute approximate surface area is 183 Å². The third-order valence-electron chi connectivity index (χ3n) is 4.61. The fraction of sp³-hybridized carbons (Fsp3) is 0.227. The first-order valence-corrected chi connectivity index (χ1v) is 9.94. The van der Waals surface area contributed by atoms with Gasteiger partial charge in [-0.3, -0.25) is 4.79 Å². The van der Waals surface area contributed by atoms with Crippen molar-refractivity contribution in [1.82, 2.24) is 24.6 Å². The highest BCUT2D eigenvalue weighted by molar-refractivity contribution is 6.02. The number of rotatable bonds is 7. The van der Waals surface area contributed by atoms with Crippen LogP contribution in [0, 0.1) is 13.8 Å². The molecule has 0 aliphatic heterocycles. The van der Waals surface area contributed by atoms with Gasteiger partial charge in [0.05, 0.1) is 18.5 Å². The molecule has 1 atom stereocenters. The van der Waals surface area contributed by atoms with Crippen molar-refractivity contribution < 1.29 is 19.7 Å². The van der Waals surface area contributed by atoms with E-state index in [9.17, 15) is 9.90 Å². The maximum atomic E-state index is 12.9. The summed E-state index contributed by atoms with van der Waals surface area (Å²) in [5, 5.41) is 25.9. The number of hydrogen-bond donors (Lipinski definition) is 3. The van der Waals surface area contributed by atoms with E-state index >= 15 is 0 Å². The van der Waals surface area contributed by atoms with Crippen molar-refractivity contribution in [2.24, 2.45) is 0 Å². The van der Waals surface area contributed by atoms with Crippen LogP contribution in [0.5, 0.6) is 5.75 Å². The minimum atomic E-state index is -0.989. The van der Waals surface area contributed by atoms with Crippen molar-refractivity contribution in [3.63, 3.8) is 0 Å². The molecule has 0 bridgehead atoms. The number of hydrogen-bond acceptors (Lipinski definition) is 8. The molecule has 3 aromatic heterocycles. The van der Waals surface area contributed by atoms with Gasteiger partial charge in [-0.2, -0.15) is 5.10 Å². The Morgan fingerprint density at radius 1 is 1.19 bits per heavy atom.